The smallest absolute Gasteiger partial charge is 0.253 e. The summed E-state index contributed by atoms with van der Waals surface area (Å²) in [5, 5.41) is 0. The van der Waals surface area contributed by atoms with Gasteiger partial charge in [-0.25, -0.2) is 0 Å². The Labute approximate surface area is 97.2 Å². The molecule has 1 aromatic rings. The molecule has 0 saturated heterocycles. The first kappa shape index (κ1) is 12.7. The van der Waals surface area contributed by atoms with E-state index in [0.29, 0.717) is 6.54 Å². The number of carbonyl (C=O) groups excluding carboxylic acids is 1. The zero-order valence-electron chi connectivity index (χ0n) is 10.2. The van der Waals surface area contributed by atoms with Crippen LogP contribution < -0.4 is 5.73 Å². The van der Waals surface area contributed by atoms with E-state index in [1.54, 1.807) is 4.90 Å². The van der Waals surface area contributed by atoms with E-state index >= 15 is 0 Å². The molecule has 0 saturated carbocycles. The van der Waals surface area contributed by atoms with Crippen molar-refractivity contribution in [3.05, 3.63) is 35.4 Å². The molecule has 3 heteroatoms. The summed E-state index contributed by atoms with van der Waals surface area (Å²) in [7, 11) is 1.82. The van der Waals surface area contributed by atoms with Gasteiger partial charge in [-0.1, -0.05) is 18.2 Å². The number of hydrogen-bond donors (Lipinski definition) is 1. The van der Waals surface area contributed by atoms with E-state index in [0.717, 1.165) is 17.5 Å². The van der Waals surface area contributed by atoms with Crippen LogP contribution in [0.15, 0.2) is 24.3 Å². The van der Waals surface area contributed by atoms with Crippen molar-refractivity contribution < 1.29 is 4.79 Å². The van der Waals surface area contributed by atoms with Gasteiger partial charge in [0.25, 0.3) is 5.91 Å². The molecule has 0 bridgehead atoms. The average Bonchev–Trinajstić information content (AvgIpc) is 2.25. The van der Waals surface area contributed by atoms with Crippen molar-refractivity contribution in [2.75, 3.05) is 13.6 Å². The van der Waals surface area contributed by atoms with E-state index in [1.165, 1.54) is 0 Å². The van der Waals surface area contributed by atoms with E-state index in [1.807, 2.05) is 45.2 Å². The molecule has 0 aliphatic rings. The Hall–Kier alpha value is -1.35. The number of benzene rings is 1. The summed E-state index contributed by atoms with van der Waals surface area (Å²) in [6.45, 7) is 4.60. The minimum Gasteiger partial charge on any atom is -0.342 e. The third-order valence-electron chi connectivity index (χ3n) is 2.64. The van der Waals surface area contributed by atoms with Gasteiger partial charge < -0.3 is 10.6 Å². The highest BCUT2D eigenvalue weighted by Crippen LogP contribution is 2.09. The lowest BCUT2D eigenvalue weighted by molar-refractivity contribution is 0.0791. The molecule has 0 aliphatic heterocycles. The van der Waals surface area contributed by atoms with Crippen LogP contribution in [0.25, 0.3) is 0 Å². The maximum atomic E-state index is 12.1. The second kappa shape index (κ2) is 5.66. The van der Waals surface area contributed by atoms with Crippen molar-refractivity contribution in [2.24, 2.45) is 5.73 Å². The summed E-state index contributed by atoms with van der Waals surface area (Å²) >= 11 is 0. The number of carbonyl (C=O) groups is 1. The molecule has 0 heterocycles. The average molecular weight is 220 g/mol. The van der Waals surface area contributed by atoms with Gasteiger partial charge in [0.15, 0.2) is 0 Å². The highest BCUT2D eigenvalue weighted by Gasteiger charge is 2.13. The van der Waals surface area contributed by atoms with Crippen LogP contribution in [0.4, 0.5) is 0 Å². The third kappa shape index (κ3) is 3.35. The van der Waals surface area contributed by atoms with E-state index in [9.17, 15) is 4.79 Å². The lowest BCUT2D eigenvalue weighted by Crippen LogP contribution is -2.31. The second-order valence-corrected chi connectivity index (χ2v) is 4.31. The molecule has 1 unspecified atom stereocenters. The predicted octanol–water partition coefficient (Wildman–Crippen LogP) is 1.80. The van der Waals surface area contributed by atoms with Crippen molar-refractivity contribution in [3.63, 3.8) is 0 Å². The van der Waals surface area contributed by atoms with Crippen molar-refractivity contribution >= 4 is 5.91 Å². The molecule has 1 amide bonds. The topological polar surface area (TPSA) is 46.3 Å². The van der Waals surface area contributed by atoms with Gasteiger partial charge in [-0.15, -0.1) is 0 Å². The van der Waals surface area contributed by atoms with E-state index in [2.05, 4.69) is 0 Å². The highest BCUT2D eigenvalue weighted by molar-refractivity contribution is 5.95. The molecule has 1 aromatic carbocycles. The largest absolute Gasteiger partial charge is 0.342 e. The van der Waals surface area contributed by atoms with Crippen molar-refractivity contribution in [2.45, 2.75) is 26.3 Å². The van der Waals surface area contributed by atoms with Gasteiger partial charge in [0.2, 0.25) is 0 Å². The molecule has 0 spiro atoms. The zero-order valence-corrected chi connectivity index (χ0v) is 10.2. The third-order valence-corrected chi connectivity index (χ3v) is 2.64. The number of nitrogens with zero attached hydrogens (tertiary/aromatic N) is 1. The van der Waals surface area contributed by atoms with Crippen LogP contribution in [0.3, 0.4) is 0 Å². The summed E-state index contributed by atoms with van der Waals surface area (Å²) < 4.78 is 0. The van der Waals surface area contributed by atoms with Crippen LogP contribution in [0.1, 0.15) is 29.3 Å². The van der Waals surface area contributed by atoms with Crippen molar-refractivity contribution in [1.82, 2.24) is 4.90 Å². The molecular weight excluding hydrogens is 200 g/mol. The molecule has 0 radical (unpaired) electrons. The Morgan fingerprint density at radius 2 is 2.06 bits per heavy atom. The van der Waals surface area contributed by atoms with Gasteiger partial charge >= 0.3 is 0 Å². The second-order valence-electron chi connectivity index (χ2n) is 4.31. The van der Waals surface area contributed by atoms with Gasteiger partial charge in [0.05, 0.1) is 0 Å². The fourth-order valence-electron chi connectivity index (χ4n) is 1.52. The van der Waals surface area contributed by atoms with Gasteiger partial charge in [0, 0.05) is 25.2 Å². The first-order chi connectivity index (χ1) is 7.52. The van der Waals surface area contributed by atoms with Crippen LogP contribution in [0.2, 0.25) is 0 Å². The summed E-state index contributed by atoms with van der Waals surface area (Å²) in [6.07, 6.45) is 0.828. The Morgan fingerprint density at radius 1 is 1.44 bits per heavy atom. The molecule has 16 heavy (non-hydrogen) atoms. The van der Waals surface area contributed by atoms with Gasteiger partial charge in [-0.2, -0.15) is 0 Å². The first-order valence-electron chi connectivity index (χ1n) is 5.59. The van der Waals surface area contributed by atoms with Gasteiger partial charge in [-0.3, -0.25) is 4.79 Å². The van der Waals surface area contributed by atoms with E-state index in [4.69, 9.17) is 5.73 Å². The van der Waals surface area contributed by atoms with Crippen LogP contribution in [0, 0.1) is 6.92 Å². The van der Waals surface area contributed by atoms with Crippen molar-refractivity contribution in [1.29, 1.82) is 0 Å². The standard InChI is InChI=1S/C13H20N2O/c1-10-6-4-5-7-12(10)13(16)15(3)9-8-11(2)14/h4-7,11H,8-9,14H2,1-3H3. The quantitative estimate of drug-likeness (QED) is 0.841. The van der Waals surface area contributed by atoms with Crippen molar-refractivity contribution in [3.8, 4) is 0 Å². The van der Waals surface area contributed by atoms with Crippen LogP contribution >= 0.6 is 0 Å². The fourth-order valence-corrected chi connectivity index (χ4v) is 1.52. The Kier molecular flexibility index (Phi) is 4.50. The number of rotatable bonds is 4. The maximum absolute atomic E-state index is 12.1. The summed E-state index contributed by atoms with van der Waals surface area (Å²) in [5.74, 6) is 0.0683. The SMILES string of the molecule is Cc1ccccc1C(=O)N(C)CCC(C)N. The van der Waals surface area contributed by atoms with E-state index in [-0.39, 0.29) is 11.9 Å². The monoisotopic (exact) mass is 220 g/mol. The Morgan fingerprint density at radius 3 is 2.62 bits per heavy atom. The lowest BCUT2D eigenvalue weighted by atomic mass is 10.1. The van der Waals surface area contributed by atoms with E-state index < -0.39 is 0 Å². The minimum atomic E-state index is 0.0683. The minimum absolute atomic E-state index is 0.0683. The molecule has 0 fully saturated rings. The molecule has 0 aliphatic carbocycles. The summed E-state index contributed by atoms with van der Waals surface area (Å²) in [6, 6.07) is 7.77. The molecule has 1 rings (SSSR count). The zero-order chi connectivity index (χ0) is 12.1. The van der Waals surface area contributed by atoms with Crippen LogP contribution in [0.5, 0.6) is 0 Å². The van der Waals surface area contributed by atoms with Gasteiger partial charge in [-0.05, 0) is 31.9 Å². The van der Waals surface area contributed by atoms with Gasteiger partial charge in [0.1, 0.15) is 0 Å². The Bertz CT molecular complexity index is 361. The molecule has 2 N–H and O–H groups in total. The summed E-state index contributed by atoms with van der Waals surface area (Å²) in [5.41, 5.74) is 7.46. The number of amides is 1. The molecule has 1 atom stereocenters. The number of nitrogens with two attached hydrogens (primary N) is 1. The molecule has 3 nitrogen and oxygen atoms in total. The first-order valence-corrected chi connectivity index (χ1v) is 5.59. The summed E-state index contributed by atoms with van der Waals surface area (Å²) in [4.78, 5) is 13.8. The van der Waals surface area contributed by atoms with Crippen LogP contribution in [-0.2, 0) is 0 Å². The molecule has 0 aromatic heterocycles. The lowest BCUT2D eigenvalue weighted by Gasteiger charge is -2.19. The molecule has 88 valence electrons. The number of hydrogen-bond acceptors (Lipinski definition) is 2. The predicted molar refractivity (Wildman–Crippen MR) is 66.4 cm³/mol. The maximum Gasteiger partial charge on any atom is 0.253 e. The normalized spacial score (nSPS) is 12.2. The molecular formula is C13H20N2O. The highest BCUT2D eigenvalue weighted by atomic mass is 16.2. The number of aryl methyl sites for hydroxylation is 1. The van der Waals surface area contributed by atoms with Crippen LogP contribution in [-0.4, -0.2) is 30.4 Å². The Balaban J connectivity index is 2.67. The fraction of sp³-hybridized carbons (Fsp3) is 0.462.